The third kappa shape index (κ3) is 3.76. The van der Waals surface area contributed by atoms with Gasteiger partial charge in [-0.2, -0.15) is 0 Å². The minimum atomic E-state index is -0.235. The molecule has 0 aromatic heterocycles. The molecule has 0 bridgehead atoms. The first-order chi connectivity index (χ1) is 9.94. The monoisotopic (exact) mass is 349 g/mol. The highest BCUT2D eigenvalue weighted by Crippen LogP contribution is 2.28. The summed E-state index contributed by atoms with van der Waals surface area (Å²) < 4.78 is 0. The first-order valence-electron chi connectivity index (χ1n) is 6.99. The molecular weight excluding hydrogens is 330 g/mol. The normalized spacial score (nSPS) is 11.6. The summed E-state index contributed by atoms with van der Waals surface area (Å²) in [6, 6.07) is 11.0. The molecule has 112 valence electrons. The van der Waals surface area contributed by atoms with Crippen molar-refractivity contribution in [3.05, 3.63) is 42.0 Å². The fraction of sp³-hybridized carbons (Fsp3) is 0.353. The van der Waals surface area contributed by atoms with Crippen molar-refractivity contribution in [3.8, 4) is 5.75 Å². The summed E-state index contributed by atoms with van der Waals surface area (Å²) in [5.74, 6) is -0.190. The molecule has 0 spiro atoms. The summed E-state index contributed by atoms with van der Waals surface area (Å²) in [4.78, 5) is 12.3. The van der Waals surface area contributed by atoms with Gasteiger partial charge in [-0.1, -0.05) is 60.1 Å². The lowest BCUT2D eigenvalue weighted by Gasteiger charge is -2.24. The molecule has 0 radical (unpaired) electrons. The van der Waals surface area contributed by atoms with Crippen molar-refractivity contribution in [2.45, 2.75) is 20.3 Å². The smallest absolute Gasteiger partial charge is 0.255 e. The van der Waals surface area contributed by atoms with Crippen molar-refractivity contribution in [1.82, 2.24) is 5.32 Å². The lowest BCUT2D eigenvalue weighted by molar-refractivity contribution is 0.0933. The van der Waals surface area contributed by atoms with E-state index in [1.807, 2.05) is 30.3 Å². The predicted octanol–water partition coefficient (Wildman–Crippen LogP) is 4.09. The van der Waals surface area contributed by atoms with Crippen LogP contribution in [0.15, 0.2) is 36.4 Å². The molecule has 2 aromatic carbocycles. The second kappa shape index (κ2) is 6.48. The van der Waals surface area contributed by atoms with Crippen LogP contribution in [-0.4, -0.2) is 22.9 Å². The largest absolute Gasteiger partial charge is 0.506 e. The number of nitrogens with one attached hydrogen (secondary N) is 1. The van der Waals surface area contributed by atoms with Crippen LogP contribution >= 0.6 is 15.9 Å². The van der Waals surface area contributed by atoms with E-state index in [0.29, 0.717) is 17.5 Å². The second-order valence-electron chi connectivity index (χ2n) is 5.97. The van der Waals surface area contributed by atoms with E-state index in [-0.39, 0.29) is 17.1 Å². The highest BCUT2D eigenvalue weighted by Gasteiger charge is 2.20. The van der Waals surface area contributed by atoms with Crippen LogP contribution in [0.1, 0.15) is 30.6 Å². The minimum absolute atomic E-state index is 0.0195. The van der Waals surface area contributed by atoms with E-state index >= 15 is 0 Å². The zero-order chi connectivity index (χ0) is 15.5. The molecule has 0 saturated heterocycles. The van der Waals surface area contributed by atoms with E-state index in [2.05, 4.69) is 35.1 Å². The van der Waals surface area contributed by atoms with Gasteiger partial charge in [0.2, 0.25) is 0 Å². The molecule has 0 atom stereocenters. The summed E-state index contributed by atoms with van der Waals surface area (Å²) in [7, 11) is 0. The first-order valence-corrected chi connectivity index (χ1v) is 8.12. The third-order valence-electron chi connectivity index (χ3n) is 3.64. The molecule has 3 nitrogen and oxygen atoms in total. The lowest BCUT2D eigenvalue weighted by Crippen LogP contribution is -2.34. The number of aromatic hydroxyl groups is 1. The number of fused-ring (bicyclic) bond motifs is 1. The number of halogens is 1. The molecule has 2 aromatic rings. The molecule has 4 heteroatoms. The number of carbonyl (C=O) groups excluding carboxylic acids is 1. The number of hydrogen-bond acceptors (Lipinski definition) is 2. The van der Waals surface area contributed by atoms with Crippen LogP contribution in [0.4, 0.5) is 0 Å². The Morgan fingerprint density at radius 3 is 2.67 bits per heavy atom. The van der Waals surface area contributed by atoms with Crippen molar-refractivity contribution in [1.29, 1.82) is 0 Å². The highest BCUT2D eigenvalue weighted by atomic mass is 79.9. The Hall–Kier alpha value is -1.55. The summed E-state index contributed by atoms with van der Waals surface area (Å²) in [5.41, 5.74) is 0.342. The van der Waals surface area contributed by atoms with Gasteiger partial charge in [0, 0.05) is 17.3 Å². The molecular formula is C17H20BrNO2. The number of rotatable bonds is 5. The Balaban J connectivity index is 2.18. The lowest BCUT2D eigenvalue weighted by atomic mass is 9.90. The molecule has 0 fully saturated rings. The van der Waals surface area contributed by atoms with Gasteiger partial charge in [-0.3, -0.25) is 4.79 Å². The fourth-order valence-electron chi connectivity index (χ4n) is 2.20. The summed E-state index contributed by atoms with van der Waals surface area (Å²) >= 11 is 3.42. The van der Waals surface area contributed by atoms with Crippen molar-refractivity contribution in [2.75, 3.05) is 11.9 Å². The van der Waals surface area contributed by atoms with Crippen LogP contribution in [-0.2, 0) is 0 Å². The van der Waals surface area contributed by atoms with Crippen molar-refractivity contribution in [2.24, 2.45) is 5.41 Å². The fourth-order valence-corrected chi connectivity index (χ4v) is 3.27. The molecule has 2 rings (SSSR count). The Bertz CT molecular complexity index is 652. The van der Waals surface area contributed by atoms with Crippen molar-refractivity contribution >= 4 is 32.6 Å². The van der Waals surface area contributed by atoms with Gasteiger partial charge in [-0.25, -0.2) is 0 Å². The van der Waals surface area contributed by atoms with Crippen LogP contribution in [0, 0.1) is 5.41 Å². The van der Waals surface area contributed by atoms with Gasteiger partial charge >= 0.3 is 0 Å². The average Bonchev–Trinajstić information content (AvgIpc) is 2.45. The molecule has 2 N–H and O–H groups in total. The molecule has 1 amide bonds. The maximum atomic E-state index is 12.3. The molecule has 0 aliphatic carbocycles. The maximum Gasteiger partial charge on any atom is 0.255 e. The standard InChI is InChI=1S/C17H20BrNO2/c1-17(2,9-10-18)11-19-16(21)14-8-7-12-5-3-4-6-13(12)15(14)20/h3-8,20H,9-11H2,1-2H3,(H,19,21). The Labute approximate surface area is 133 Å². The molecule has 0 aliphatic heterocycles. The van der Waals surface area contributed by atoms with E-state index in [9.17, 15) is 9.90 Å². The van der Waals surface area contributed by atoms with E-state index in [1.165, 1.54) is 0 Å². The van der Waals surface area contributed by atoms with E-state index in [0.717, 1.165) is 17.1 Å². The Morgan fingerprint density at radius 2 is 1.95 bits per heavy atom. The van der Waals surface area contributed by atoms with Gasteiger partial charge in [-0.15, -0.1) is 0 Å². The highest BCUT2D eigenvalue weighted by molar-refractivity contribution is 9.09. The minimum Gasteiger partial charge on any atom is -0.506 e. The SMILES string of the molecule is CC(C)(CCBr)CNC(=O)c1ccc2ccccc2c1O. The summed E-state index contributed by atoms with van der Waals surface area (Å²) in [5, 5.41) is 15.7. The molecule has 21 heavy (non-hydrogen) atoms. The van der Waals surface area contributed by atoms with Gasteiger partial charge < -0.3 is 10.4 Å². The van der Waals surface area contributed by atoms with E-state index in [4.69, 9.17) is 0 Å². The number of amides is 1. The van der Waals surface area contributed by atoms with Crippen LogP contribution in [0.5, 0.6) is 5.75 Å². The summed E-state index contributed by atoms with van der Waals surface area (Å²) in [6.07, 6.45) is 0.969. The topological polar surface area (TPSA) is 49.3 Å². The first kappa shape index (κ1) is 15.8. The number of phenols is 1. The van der Waals surface area contributed by atoms with Gasteiger partial charge in [0.15, 0.2) is 0 Å². The van der Waals surface area contributed by atoms with Crippen LogP contribution in [0.25, 0.3) is 10.8 Å². The van der Waals surface area contributed by atoms with E-state index in [1.54, 1.807) is 6.07 Å². The van der Waals surface area contributed by atoms with Gasteiger partial charge in [0.05, 0.1) is 5.56 Å². The van der Waals surface area contributed by atoms with Crippen LogP contribution in [0.3, 0.4) is 0 Å². The Kier molecular flexibility index (Phi) is 4.88. The number of phenolic OH excluding ortho intramolecular Hbond substituents is 1. The molecule has 0 heterocycles. The van der Waals surface area contributed by atoms with E-state index < -0.39 is 0 Å². The van der Waals surface area contributed by atoms with Gasteiger partial charge in [-0.05, 0) is 23.3 Å². The maximum absolute atomic E-state index is 12.3. The predicted molar refractivity (Wildman–Crippen MR) is 90.1 cm³/mol. The molecule has 0 unspecified atom stereocenters. The van der Waals surface area contributed by atoms with Crippen LogP contribution in [0.2, 0.25) is 0 Å². The zero-order valence-electron chi connectivity index (χ0n) is 12.3. The van der Waals surface area contributed by atoms with Crippen molar-refractivity contribution < 1.29 is 9.90 Å². The zero-order valence-corrected chi connectivity index (χ0v) is 13.9. The van der Waals surface area contributed by atoms with Gasteiger partial charge in [0.1, 0.15) is 5.75 Å². The quantitative estimate of drug-likeness (QED) is 0.798. The van der Waals surface area contributed by atoms with Gasteiger partial charge in [0.25, 0.3) is 5.91 Å². The van der Waals surface area contributed by atoms with Crippen molar-refractivity contribution in [3.63, 3.8) is 0 Å². The molecule has 0 aliphatic rings. The number of benzene rings is 2. The number of alkyl halides is 1. The summed E-state index contributed by atoms with van der Waals surface area (Å²) in [6.45, 7) is 4.78. The Morgan fingerprint density at radius 1 is 1.24 bits per heavy atom. The van der Waals surface area contributed by atoms with Crippen LogP contribution < -0.4 is 5.32 Å². The number of carbonyl (C=O) groups is 1. The number of hydrogen-bond donors (Lipinski definition) is 2. The second-order valence-corrected chi connectivity index (χ2v) is 6.76. The molecule has 0 saturated carbocycles. The third-order valence-corrected chi connectivity index (χ3v) is 4.04. The average molecular weight is 350 g/mol.